The number of hydrogen-bond donors (Lipinski definition) is 2. The van der Waals surface area contributed by atoms with E-state index in [1.54, 1.807) is 48.5 Å². The quantitative estimate of drug-likeness (QED) is 0.594. The molecule has 0 spiro atoms. The topological polar surface area (TPSA) is 71.1 Å². The Kier molecular flexibility index (Phi) is 5.52. The lowest BCUT2D eigenvalue weighted by Gasteiger charge is -2.10. The highest BCUT2D eigenvalue weighted by atomic mass is 35.5. The second kappa shape index (κ2) is 8.01. The minimum atomic E-state index is -0.252. The summed E-state index contributed by atoms with van der Waals surface area (Å²) in [5.41, 5.74) is 3.39. The highest BCUT2D eigenvalue weighted by Crippen LogP contribution is 2.21. The van der Waals surface area contributed by atoms with Gasteiger partial charge in [0.25, 0.3) is 5.91 Å². The molecule has 0 aliphatic carbocycles. The van der Waals surface area contributed by atoms with Crippen molar-refractivity contribution in [3.8, 4) is 0 Å². The molecular formula is C21H18ClN3O2. The first-order valence-corrected chi connectivity index (χ1v) is 8.72. The van der Waals surface area contributed by atoms with E-state index in [4.69, 9.17) is 11.6 Å². The standard InChI is InChI=1S/C21H18ClN3O2/c1-13-10-17(22)7-8-19(13)25-21(27)16-6-9-20(23-12-16)24-18-5-3-4-15(11-18)14(2)26/h3-12H,1-2H3,(H,23,24)(H,25,27). The number of aryl methyl sites for hydroxylation is 1. The minimum absolute atomic E-state index is 0.00359. The molecule has 2 N–H and O–H groups in total. The fraction of sp³-hybridized carbons (Fsp3) is 0.0952. The zero-order valence-electron chi connectivity index (χ0n) is 14.9. The van der Waals surface area contributed by atoms with Gasteiger partial charge in [0.2, 0.25) is 0 Å². The maximum atomic E-state index is 12.4. The molecule has 0 bridgehead atoms. The molecule has 0 aliphatic heterocycles. The van der Waals surface area contributed by atoms with Gasteiger partial charge in [0.1, 0.15) is 5.82 Å². The Hall–Kier alpha value is -3.18. The highest BCUT2D eigenvalue weighted by molar-refractivity contribution is 6.30. The molecule has 2 aromatic carbocycles. The fourth-order valence-corrected chi connectivity index (χ4v) is 2.75. The Labute approximate surface area is 162 Å². The average Bonchev–Trinajstić information content (AvgIpc) is 2.65. The summed E-state index contributed by atoms with van der Waals surface area (Å²) in [5.74, 6) is 0.323. The van der Waals surface area contributed by atoms with Gasteiger partial charge < -0.3 is 10.6 Å². The van der Waals surface area contributed by atoms with Crippen LogP contribution in [0.5, 0.6) is 0 Å². The van der Waals surface area contributed by atoms with Crippen LogP contribution in [0.4, 0.5) is 17.2 Å². The Balaban J connectivity index is 1.70. The molecule has 3 aromatic rings. The summed E-state index contributed by atoms with van der Waals surface area (Å²) in [4.78, 5) is 28.1. The van der Waals surface area contributed by atoms with Crippen LogP contribution in [-0.2, 0) is 0 Å². The van der Waals surface area contributed by atoms with E-state index >= 15 is 0 Å². The van der Waals surface area contributed by atoms with Gasteiger partial charge in [0.05, 0.1) is 5.56 Å². The third-order valence-corrected chi connectivity index (χ3v) is 4.24. The van der Waals surface area contributed by atoms with Gasteiger partial charge in [-0.2, -0.15) is 0 Å². The van der Waals surface area contributed by atoms with Crippen LogP contribution in [0.25, 0.3) is 0 Å². The summed E-state index contributed by atoms with van der Waals surface area (Å²) >= 11 is 5.93. The van der Waals surface area contributed by atoms with Crippen molar-refractivity contribution < 1.29 is 9.59 Å². The van der Waals surface area contributed by atoms with Gasteiger partial charge in [-0.3, -0.25) is 9.59 Å². The summed E-state index contributed by atoms with van der Waals surface area (Å²) in [6, 6.07) is 15.8. The molecule has 0 atom stereocenters. The average molecular weight is 380 g/mol. The number of benzene rings is 2. The fourth-order valence-electron chi connectivity index (χ4n) is 2.53. The van der Waals surface area contributed by atoms with Gasteiger partial charge in [0, 0.05) is 28.2 Å². The van der Waals surface area contributed by atoms with Crippen molar-refractivity contribution in [2.45, 2.75) is 13.8 Å². The van der Waals surface area contributed by atoms with E-state index in [0.717, 1.165) is 11.3 Å². The number of nitrogens with one attached hydrogen (secondary N) is 2. The predicted molar refractivity (Wildman–Crippen MR) is 108 cm³/mol. The number of pyridine rings is 1. The first kappa shape index (κ1) is 18.6. The second-order valence-corrected chi connectivity index (χ2v) is 6.54. The van der Waals surface area contributed by atoms with Crippen molar-refractivity contribution in [1.82, 2.24) is 4.98 Å². The number of halogens is 1. The molecule has 1 amide bonds. The molecular weight excluding hydrogens is 362 g/mol. The molecule has 1 aromatic heterocycles. The van der Waals surface area contributed by atoms with Gasteiger partial charge >= 0.3 is 0 Å². The first-order valence-electron chi connectivity index (χ1n) is 8.34. The number of hydrogen-bond acceptors (Lipinski definition) is 4. The van der Waals surface area contributed by atoms with E-state index in [9.17, 15) is 9.59 Å². The van der Waals surface area contributed by atoms with E-state index in [1.165, 1.54) is 13.1 Å². The van der Waals surface area contributed by atoms with Crippen LogP contribution in [0, 0.1) is 6.92 Å². The molecule has 0 saturated carbocycles. The van der Waals surface area contributed by atoms with Crippen LogP contribution < -0.4 is 10.6 Å². The van der Waals surface area contributed by atoms with Crippen LogP contribution in [0.2, 0.25) is 5.02 Å². The van der Waals surface area contributed by atoms with Crippen LogP contribution in [0.1, 0.15) is 33.2 Å². The summed E-state index contributed by atoms with van der Waals surface area (Å²) in [7, 11) is 0. The smallest absolute Gasteiger partial charge is 0.257 e. The van der Waals surface area contributed by atoms with Crippen molar-refractivity contribution in [1.29, 1.82) is 0 Å². The molecule has 1 heterocycles. The number of nitrogens with zero attached hydrogens (tertiary/aromatic N) is 1. The zero-order valence-corrected chi connectivity index (χ0v) is 15.7. The molecule has 27 heavy (non-hydrogen) atoms. The summed E-state index contributed by atoms with van der Waals surface area (Å²) in [5, 5.41) is 6.59. The number of anilines is 3. The van der Waals surface area contributed by atoms with E-state index in [1.807, 2.05) is 13.0 Å². The third kappa shape index (κ3) is 4.71. The number of carbonyl (C=O) groups is 2. The van der Waals surface area contributed by atoms with Crippen LogP contribution in [-0.4, -0.2) is 16.7 Å². The summed E-state index contributed by atoms with van der Waals surface area (Å²) in [6.07, 6.45) is 1.50. The van der Waals surface area contributed by atoms with Crippen LogP contribution in [0.15, 0.2) is 60.8 Å². The van der Waals surface area contributed by atoms with Crippen molar-refractivity contribution in [2.24, 2.45) is 0 Å². The number of amides is 1. The monoisotopic (exact) mass is 379 g/mol. The Bertz CT molecular complexity index is 1000. The molecule has 0 saturated heterocycles. The van der Waals surface area contributed by atoms with E-state index in [0.29, 0.717) is 27.7 Å². The van der Waals surface area contributed by atoms with Crippen molar-refractivity contribution in [3.63, 3.8) is 0 Å². The van der Waals surface area contributed by atoms with Gasteiger partial charge in [-0.1, -0.05) is 23.7 Å². The number of rotatable bonds is 5. The number of ketones is 1. The number of carbonyl (C=O) groups excluding carboxylic acids is 2. The molecule has 6 heteroatoms. The summed E-state index contributed by atoms with van der Waals surface area (Å²) in [6.45, 7) is 3.40. The maximum Gasteiger partial charge on any atom is 0.257 e. The second-order valence-electron chi connectivity index (χ2n) is 6.11. The Morgan fingerprint density at radius 1 is 1.00 bits per heavy atom. The van der Waals surface area contributed by atoms with Crippen LogP contribution >= 0.6 is 11.6 Å². The largest absolute Gasteiger partial charge is 0.340 e. The molecule has 3 rings (SSSR count). The molecule has 136 valence electrons. The first-order chi connectivity index (χ1) is 12.9. The maximum absolute atomic E-state index is 12.4. The number of aromatic nitrogens is 1. The molecule has 0 fully saturated rings. The van der Waals surface area contributed by atoms with E-state index in [-0.39, 0.29) is 11.7 Å². The third-order valence-electron chi connectivity index (χ3n) is 4.00. The Morgan fingerprint density at radius 3 is 2.48 bits per heavy atom. The van der Waals surface area contributed by atoms with E-state index in [2.05, 4.69) is 15.6 Å². The SMILES string of the molecule is CC(=O)c1cccc(Nc2ccc(C(=O)Nc3ccc(Cl)cc3C)cn2)c1. The van der Waals surface area contributed by atoms with Gasteiger partial charge in [0.15, 0.2) is 5.78 Å². The lowest BCUT2D eigenvalue weighted by molar-refractivity contribution is 0.101. The summed E-state index contributed by atoms with van der Waals surface area (Å²) < 4.78 is 0. The zero-order chi connectivity index (χ0) is 19.4. The van der Waals surface area contributed by atoms with Gasteiger partial charge in [-0.15, -0.1) is 0 Å². The van der Waals surface area contributed by atoms with Crippen molar-refractivity contribution in [2.75, 3.05) is 10.6 Å². The Morgan fingerprint density at radius 2 is 1.81 bits per heavy atom. The molecule has 0 radical (unpaired) electrons. The number of Topliss-reactive ketones (excluding diaryl/α,β-unsaturated/α-hetero) is 1. The van der Waals surface area contributed by atoms with Crippen molar-refractivity contribution >= 4 is 40.5 Å². The lowest BCUT2D eigenvalue weighted by Crippen LogP contribution is -2.13. The van der Waals surface area contributed by atoms with Crippen molar-refractivity contribution in [3.05, 3.63) is 82.5 Å². The molecule has 0 unspecified atom stereocenters. The molecule has 5 nitrogen and oxygen atoms in total. The van der Waals surface area contributed by atoms with Gasteiger partial charge in [-0.25, -0.2) is 4.98 Å². The highest BCUT2D eigenvalue weighted by Gasteiger charge is 2.09. The molecule has 0 aliphatic rings. The lowest BCUT2D eigenvalue weighted by atomic mass is 10.1. The van der Waals surface area contributed by atoms with E-state index < -0.39 is 0 Å². The normalized spacial score (nSPS) is 10.3. The van der Waals surface area contributed by atoms with Crippen LogP contribution in [0.3, 0.4) is 0 Å². The van der Waals surface area contributed by atoms with Gasteiger partial charge in [-0.05, 0) is 61.9 Å². The predicted octanol–water partition coefficient (Wildman–Crippen LogP) is 5.24. The minimum Gasteiger partial charge on any atom is -0.340 e.